The second-order valence-electron chi connectivity index (χ2n) is 6.89. The van der Waals surface area contributed by atoms with Crippen LogP contribution in [0.4, 0.5) is 5.69 Å². The Labute approximate surface area is 176 Å². The van der Waals surface area contributed by atoms with E-state index < -0.39 is 10.0 Å². The lowest BCUT2D eigenvalue weighted by Gasteiger charge is -2.27. The molecule has 8 heteroatoms. The molecule has 0 atom stereocenters. The fraction of sp³-hybridized carbons (Fsp3) is 0.350. The maximum Gasteiger partial charge on any atom is 0.243 e. The minimum Gasteiger partial charge on any atom is -0.495 e. The lowest BCUT2D eigenvalue weighted by molar-refractivity contribution is 0.346. The fourth-order valence-electron chi connectivity index (χ4n) is 3.79. The van der Waals surface area contributed by atoms with Crippen LogP contribution < -0.4 is 9.64 Å². The molecule has 6 nitrogen and oxygen atoms in total. The molecular formula is C20H24BrN3O3S. The van der Waals surface area contributed by atoms with Crippen LogP contribution in [-0.2, 0) is 16.6 Å². The van der Waals surface area contributed by atoms with Gasteiger partial charge in [0.15, 0.2) is 0 Å². The third kappa shape index (κ3) is 3.56. The number of rotatable bonds is 4. The Morgan fingerprint density at radius 2 is 1.75 bits per heavy atom. The molecule has 0 amide bonds. The zero-order chi connectivity index (χ0) is 19.0. The van der Waals surface area contributed by atoms with Crippen molar-refractivity contribution >= 4 is 38.5 Å². The van der Waals surface area contributed by atoms with Crippen molar-refractivity contribution in [3.63, 3.8) is 0 Å². The lowest BCUT2D eigenvalue weighted by atomic mass is 10.1. The molecule has 2 aromatic rings. The molecule has 0 radical (unpaired) electrons. The van der Waals surface area contributed by atoms with E-state index in [2.05, 4.69) is 0 Å². The molecule has 0 unspecified atom stereocenters. The normalized spacial score (nSPS) is 17.2. The van der Waals surface area contributed by atoms with Gasteiger partial charge in [0.25, 0.3) is 0 Å². The van der Waals surface area contributed by atoms with E-state index in [1.54, 1.807) is 34.5 Å². The number of nitrogens with one attached hydrogen (secondary N) is 1. The van der Waals surface area contributed by atoms with E-state index in [1.165, 1.54) is 0 Å². The van der Waals surface area contributed by atoms with E-state index in [4.69, 9.17) is 10.1 Å². The maximum atomic E-state index is 13.1. The van der Waals surface area contributed by atoms with E-state index in [0.717, 1.165) is 30.4 Å². The van der Waals surface area contributed by atoms with Gasteiger partial charge < -0.3 is 9.64 Å². The van der Waals surface area contributed by atoms with E-state index in [9.17, 15) is 8.42 Å². The zero-order valence-corrected chi connectivity index (χ0v) is 18.2. The largest absolute Gasteiger partial charge is 0.495 e. The van der Waals surface area contributed by atoms with Gasteiger partial charge in [0, 0.05) is 18.7 Å². The van der Waals surface area contributed by atoms with E-state index >= 15 is 0 Å². The SMILES string of the molecule is Br.COc1ccc(S(=O)(=O)N2CCCCC2)cc1N1Cc2ccccc2C1=N. The number of sulfonamides is 1. The van der Waals surface area contributed by atoms with E-state index in [1.807, 2.05) is 24.3 Å². The molecule has 0 aromatic heterocycles. The summed E-state index contributed by atoms with van der Waals surface area (Å²) in [7, 11) is -1.98. The number of methoxy groups -OCH3 is 1. The van der Waals surface area contributed by atoms with Crippen LogP contribution in [0.1, 0.15) is 30.4 Å². The van der Waals surface area contributed by atoms with Crippen LogP contribution in [0.3, 0.4) is 0 Å². The van der Waals surface area contributed by atoms with Crippen LogP contribution in [0.5, 0.6) is 5.75 Å². The van der Waals surface area contributed by atoms with Crippen molar-refractivity contribution in [1.29, 1.82) is 5.41 Å². The molecule has 0 spiro atoms. The van der Waals surface area contributed by atoms with Gasteiger partial charge in [-0.05, 0) is 36.6 Å². The molecule has 0 bridgehead atoms. The Morgan fingerprint density at radius 3 is 2.43 bits per heavy atom. The summed E-state index contributed by atoms with van der Waals surface area (Å²) in [5.41, 5.74) is 2.52. The molecule has 150 valence electrons. The summed E-state index contributed by atoms with van der Waals surface area (Å²) >= 11 is 0. The molecule has 1 fully saturated rings. The van der Waals surface area contributed by atoms with Gasteiger partial charge in [-0.25, -0.2) is 8.42 Å². The Kier molecular flexibility index (Phi) is 6.12. The summed E-state index contributed by atoms with van der Waals surface area (Å²) in [4.78, 5) is 2.06. The molecule has 2 aromatic carbocycles. The minimum atomic E-state index is -3.54. The van der Waals surface area contributed by atoms with Gasteiger partial charge >= 0.3 is 0 Å². The fourth-order valence-corrected chi connectivity index (χ4v) is 5.32. The summed E-state index contributed by atoms with van der Waals surface area (Å²) in [6.07, 6.45) is 2.87. The number of nitrogens with zero attached hydrogens (tertiary/aromatic N) is 2. The van der Waals surface area contributed by atoms with E-state index in [0.29, 0.717) is 36.9 Å². The van der Waals surface area contributed by atoms with Crippen molar-refractivity contribution in [2.24, 2.45) is 0 Å². The number of benzene rings is 2. The molecule has 2 heterocycles. The molecule has 2 aliphatic rings. The molecular weight excluding hydrogens is 442 g/mol. The van der Waals surface area contributed by atoms with Crippen molar-refractivity contribution in [3.05, 3.63) is 53.6 Å². The highest BCUT2D eigenvalue weighted by Crippen LogP contribution is 2.37. The lowest BCUT2D eigenvalue weighted by Crippen LogP contribution is -2.35. The van der Waals surface area contributed by atoms with Crippen LogP contribution in [0.25, 0.3) is 0 Å². The first-order chi connectivity index (χ1) is 13.0. The Hall–Kier alpha value is -1.90. The molecule has 0 aliphatic carbocycles. The maximum absolute atomic E-state index is 13.1. The first-order valence-corrected chi connectivity index (χ1v) is 10.6. The van der Waals surface area contributed by atoms with E-state index in [-0.39, 0.29) is 21.9 Å². The first kappa shape index (κ1) is 20.8. The summed E-state index contributed by atoms with van der Waals surface area (Å²) in [5.74, 6) is 0.918. The molecule has 2 aliphatic heterocycles. The number of anilines is 1. The quantitative estimate of drug-likeness (QED) is 0.744. The van der Waals surface area contributed by atoms with Crippen molar-refractivity contribution < 1.29 is 13.2 Å². The second kappa shape index (κ2) is 8.23. The second-order valence-corrected chi connectivity index (χ2v) is 8.83. The van der Waals surface area contributed by atoms with Gasteiger partial charge in [0.05, 0.1) is 24.2 Å². The van der Waals surface area contributed by atoms with Crippen LogP contribution in [0.15, 0.2) is 47.4 Å². The zero-order valence-electron chi connectivity index (χ0n) is 15.7. The molecule has 4 rings (SSSR count). The smallest absolute Gasteiger partial charge is 0.243 e. The number of amidine groups is 1. The predicted octanol–water partition coefficient (Wildman–Crippen LogP) is 3.79. The topological polar surface area (TPSA) is 73.7 Å². The Morgan fingerprint density at radius 1 is 1.04 bits per heavy atom. The van der Waals surface area contributed by atoms with Gasteiger partial charge in [0.1, 0.15) is 11.6 Å². The number of piperidine rings is 1. The average Bonchev–Trinajstić information content (AvgIpc) is 3.05. The number of hydrogen-bond donors (Lipinski definition) is 1. The third-order valence-corrected chi connectivity index (χ3v) is 7.16. The van der Waals surface area contributed by atoms with Crippen LogP contribution in [0.2, 0.25) is 0 Å². The summed E-state index contributed by atoms with van der Waals surface area (Å²) < 4.78 is 33.2. The predicted molar refractivity (Wildman–Crippen MR) is 115 cm³/mol. The Bertz CT molecular complexity index is 988. The summed E-state index contributed by atoms with van der Waals surface area (Å²) in [6, 6.07) is 12.7. The summed E-state index contributed by atoms with van der Waals surface area (Å²) in [5, 5.41) is 8.53. The van der Waals surface area contributed by atoms with Gasteiger partial charge in [0.2, 0.25) is 10.0 Å². The van der Waals surface area contributed by atoms with Crippen LogP contribution >= 0.6 is 17.0 Å². The number of hydrogen-bond acceptors (Lipinski definition) is 4. The van der Waals surface area contributed by atoms with Gasteiger partial charge in [-0.2, -0.15) is 4.31 Å². The van der Waals surface area contributed by atoms with Crippen LogP contribution in [-0.4, -0.2) is 38.8 Å². The number of halogens is 1. The van der Waals surface area contributed by atoms with Crippen molar-refractivity contribution in [2.75, 3.05) is 25.1 Å². The standard InChI is InChI=1S/C20H23N3O3S.BrH/c1-26-19-10-9-16(27(24,25)22-11-5-2-6-12-22)13-18(19)23-14-15-7-3-4-8-17(15)20(23)21;/h3-4,7-10,13,21H,2,5-6,11-12,14H2,1H3;1H. The highest BCUT2D eigenvalue weighted by molar-refractivity contribution is 8.93. The summed E-state index contributed by atoms with van der Waals surface area (Å²) in [6.45, 7) is 1.65. The van der Waals surface area contributed by atoms with Gasteiger partial charge in [-0.3, -0.25) is 5.41 Å². The molecule has 28 heavy (non-hydrogen) atoms. The minimum absolute atomic E-state index is 0. The van der Waals surface area contributed by atoms with Gasteiger partial charge in [-0.1, -0.05) is 30.7 Å². The number of ether oxygens (including phenoxy) is 1. The van der Waals surface area contributed by atoms with Crippen molar-refractivity contribution in [1.82, 2.24) is 4.31 Å². The molecule has 1 saturated heterocycles. The molecule has 1 N–H and O–H groups in total. The van der Waals surface area contributed by atoms with Crippen molar-refractivity contribution in [2.45, 2.75) is 30.7 Å². The average molecular weight is 466 g/mol. The highest BCUT2D eigenvalue weighted by Gasteiger charge is 2.30. The third-order valence-electron chi connectivity index (χ3n) is 5.26. The van der Waals surface area contributed by atoms with Crippen molar-refractivity contribution in [3.8, 4) is 5.75 Å². The first-order valence-electron chi connectivity index (χ1n) is 9.15. The highest BCUT2D eigenvalue weighted by atomic mass is 79.9. The van der Waals surface area contributed by atoms with Gasteiger partial charge in [-0.15, -0.1) is 17.0 Å². The number of fused-ring (bicyclic) bond motifs is 1. The Balaban J connectivity index is 0.00000225. The molecule has 0 saturated carbocycles. The monoisotopic (exact) mass is 465 g/mol. The van der Waals surface area contributed by atoms with Crippen LogP contribution in [0, 0.1) is 5.41 Å².